The van der Waals surface area contributed by atoms with Crippen molar-refractivity contribution in [2.45, 2.75) is 26.4 Å². The molecule has 0 saturated heterocycles. The maximum Gasteiger partial charge on any atom is 0.0671 e. The lowest BCUT2D eigenvalue weighted by Crippen LogP contribution is -2.14. The Balaban J connectivity index is 2.56. The predicted molar refractivity (Wildman–Crippen MR) is 68.9 cm³/mol. The first-order chi connectivity index (χ1) is 7.13. The van der Waals surface area contributed by atoms with Crippen molar-refractivity contribution in [2.24, 2.45) is 0 Å². The molecule has 0 radical (unpaired) electrons. The van der Waals surface area contributed by atoms with E-state index in [2.05, 4.69) is 6.92 Å². The van der Waals surface area contributed by atoms with Crippen LogP contribution in [-0.4, -0.2) is 22.7 Å². The van der Waals surface area contributed by atoms with E-state index in [1.165, 1.54) is 0 Å². The fourth-order valence-electron chi connectivity index (χ4n) is 1.38. The Bertz CT molecular complexity index is 314. The lowest BCUT2D eigenvalue weighted by molar-refractivity contribution is 0.200. The number of thioether (sulfide) groups is 1. The Morgan fingerprint density at radius 3 is 2.80 bits per heavy atom. The van der Waals surface area contributed by atoms with Crippen LogP contribution in [0.5, 0.6) is 0 Å². The van der Waals surface area contributed by atoms with E-state index < -0.39 is 0 Å². The van der Waals surface area contributed by atoms with Crippen LogP contribution in [0.25, 0.3) is 0 Å². The van der Waals surface area contributed by atoms with E-state index in [0.29, 0.717) is 6.42 Å². The molecule has 1 nitrogen and oxygen atoms in total. The van der Waals surface area contributed by atoms with Gasteiger partial charge in [-0.15, -0.1) is 0 Å². The minimum absolute atomic E-state index is 0.296. The molecular weight excluding hydrogens is 228 g/mol. The zero-order valence-electron chi connectivity index (χ0n) is 9.16. The van der Waals surface area contributed by atoms with Gasteiger partial charge in [0, 0.05) is 17.2 Å². The van der Waals surface area contributed by atoms with Gasteiger partial charge >= 0.3 is 0 Å². The topological polar surface area (TPSA) is 20.2 Å². The molecule has 0 fully saturated rings. The highest BCUT2D eigenvalue weighted by molar-refractivity contribution is 7.99. The first-order valence-electron chi connectivity index (χ1n) is 5.14. The molecule has 0 aliphatic rings. The lowest BCUT2D eigenvalue weighted by atomic mass is 10.1. The molecule has 1 N–H and O–H groups in total. The van der Waals surface area contributed by atoms with Crippen LogP contribution in [0.1, 0.15) is 18.1 Å². The van der Waals surface area contributed by atoms with Gasteiger partial charge in [-0.1, -0.05) is 30.7 Å². The van der Waals surface area contributed by atoms with E-state index in [0.717, 1.165) is 27.7 Å². The van der Waals surface area contributed by atoms with Gasteiger partial charge in [-0.05, 0) is 29.9 Å². The van der Waals surface area contributed by atoms with Crippen LogP contribution in [0, 0.1) is 6.92 Å². The summed E-state index contributed by atoms with van der Waals surface area (Å²) in [7, 11) is 0. The van der Waals surface area contributed by atoms with E-state index in [1.54, 1.807) is 11.8 Å². The number of hydrogen-bond acceptors (Lipinski definition) is 2. The third kappa shape index (κ3) is 4.45. The van der Waals surface area contributed by atoms with Gasteiger partial charge < -0.3 is 5.11 Å². The fraction of sp³-hybridized carbons (Fsp3) is 0.500. The quantitative estimate of drug-likeness (QED) is 0.858. The molecule has 0 heterocycles. The summed E-state index contributed by atoms with van der Waals surface area (Å²) in [6, 6.07) is 5.97. The summed E-state index contributed by atoms with van der Waals surface area (Å²) >= 11 is 7.84. The van der Waals surface area contributed by atoms with Crippen molar-refractivity contribution >= 4 is 23.4 Å². The van der Waals surface area contributed by atoms with Crippen LogP contribution < -0.4 is 0 Å². The van der Waals surface area contributed by atoms with Crippen molar-refractivity contribution < 1.29 is 5.11 Å². The van der Waals surface area contributed by atoms with Gasteiger partial charge in [-0.25, -0.2) is 0 Å². The van der Waals surface area contributed by atoms with E-state index in [4.69, 9.17) is 11.6 Å². The minimum atomic E-state index is -0.296. The van der Waals surface area contributed by atoms with Crippen LogP contribution in [0.3, 0.4) is 0 Å². The zero-order valence-corrected chi connectivity index (χ0v) is 10.7. The summed E-state index contributed by atoms with van der Waals surface area (Å²) in [5.41, 5.74) is 2.19. The number of aryl methyl sites for hydroxylation is 1. The van der Waals surface area contributed by atoms with E-state index in [1.807, 2.05) is 25.1 Å². The average molecular weight is 245 g/mol. The molecule has 84 valence electrons. The molecule has 0 aromatic heterocycles. The smallest absolute Gasteiger partial charge is 0.0671 e. The van der Waals surface area contributed by atoms with Gasteiger partial charge in [0.25, 0.3) is 0 Å². The second kappa shape index (κ2) is 6.41. The lowest BCUT2D eigenvalue weighted by Gasteiger charge is -2.11. The van der Waals surface area contributed by atoms with Gasteiger partial charge in [0.15, 0.2) is 0 Å². The van der Waals surface area contributed by atoms with Crippen molar-refractivity contribution in [2.75, 3.05) is 11.5 Å². The molecule has 1 rings (SSSR count). The third-order valence-electron chi connectivity index (χ3n) is 2.18. The highest BCUT2D eigenvalue weighted by atomic mass is 35.5. The van der Waals surface area contributed by atoms with Crippen molar-refractivity contribution in [3.63, 3.8) is 0 Å². The van der Waals surface area contributed by atoms with Crippen LogP contribution >= 0.6 is 23.4 Å². The largest absolute Gasteiger partial charge is 0.392 e. The molecule has 1 aromatic rings. The normalized spacial score (nSPS) is 12.8. The summed E-state index contributed by atoms with van der Waals surface area (Å²) in [6.45, 7) is 4.11. The zero-order chi connectivity index (χ0) is 11.3. The number of hydrogen-bond donors (Lipinski definition) is 1. The van der Waals surface area contributed by atoms with Gasteiger partial charge in [0.1, 0.15) is 0 Å². The highest BCUT2D eigenvalue weighted by Crippen LogP contribution is 2.20. The number of aliphatic hydroxyl groups is 1. The number of halogens is 1. The molecule has 1 unspecified atom stereocenters. The Morgan fingerprint density at radius 2 is 2.20 bits per heavy atom. The standard InChI is InChI=1S/C12H17ClOS/c1-3-15-8-11(14)7-10-5-4-9(2)6-12(10)13/h4-6,11,14H,3,7-8H2,1-2H3. The first-order valence-corrected chi connectivity index (χ1v) is 6.67. The summed E-state index contributed by atoms with van der Waals surface area (Å²) in [6.07, 6.45) is 0.349. The van der Waals surface area contributed by atoms with Crippen molar-refractivity contribution in [1.29, 1.82) is 0 Å². The number of rotatable bonds is 5. The van der Waals surface area contributed by atoms with Gasteiger partial charge in [-0.2, -0.15) is 11.8 Å². The summed E-state index contributed by atoms with van der Waals surface area (Å²) in [5.74, 6) is 1.82. The molecule has 3 heteroatoms. The molecule has 0 spiro atoms. The molecule has 0 saturated carbocycles. The summed E-state index contributed by atoms with van der Waals surface area (Å²) in [4.78, 5) is 0. The Kier molecular flexibility index (Phi) is 5.51. The number of benzene rings is 1. The second-order valence-corrected chi connectivity index (χ2v) is 5.34. The predicted octanol–water partition coefficient (Wildman–Crippen LogP) is 3.30. The SMILES string of the molecule is CCSCC(O)Cc1ccc(C)cc1Cl. The average Bonchev–Trinajstić information content (AvgIpc) is 2.19. The molecule has 0 amide bonds. The second-order valence-electron chi connectivity index (χ2n) is 3.61. The summed E-state index contributed by atoms with van der Waals surface area (Å²) in [5, 5.41) is 10.5. The van der Waals surface area contributed by atoms with Gasteiger partial charge in [-0.3, -0.25) is 0 Å². The third-order valence-corrected chi connectivity index (χ3v) is 3.56. The van der Waals surface area contributed by atoms with Crippen molar-refractivity contribution in [3.05, 3.63) is 34.3 Å². The molecule has 0 bridgehead atoms. The number of aliphatic hydroxyl groups excluding tert-OH is 1. The van der Waals surface area contributed by atoms with Crippen molar-refractivity contribution in [3.8, 4) is 0 Å². The summed E-state index contributed by atoms with van der Waals surface area (Å²) < 4.78 is 0. The van der Waals surface area contributed by atoms with E-state index in [-0.39, 0.29) is 6.10 Å². The molecule has 15 heavy (non-hydrogen) atoms. The maximum absolute atomic E-state index is 9.75. The van der Waals surface area contributed by atoms with Crippen LogP contribution in [0.15, 0.2) is 18.2 Å². The van der Waals surface area contributed by atoms with E-state index >= 15 is 0 Å². The highest BCUT2D eigenvalue weighted by Gasteiger charge is 2.08. The Morgan fingerprint density at radius 1 is 1.47 bits per heavy atom. The molecule has 1 aromatic carbocycles. The van der Waals surface area contributed by atoms with Crippen molar-refractivity contribution in [1.82, 2.24) is 0 Å². The van der Waals surface area contributed by atoms with E-state index in [9.17, 15) is 5.11 Å². The van der Waals surface area contributed by atoms with Gasteiger partial charge in [0.05, 0.1) is 6.10 Å². The molecular formula is C12H17ClOS. The monoisotopic (exact) mass is 244 g/mol. The Labute approximate surface area is 101 Å². The van der Waals surface area contributed by atoms with Crippen LogP contribution in [-0.2, 0) is 6.42 Å². The fourth-order valence-corrected chi connectivity index (χ4v) is 2.32. The molecule has 0 aliphatic carbocycles. The van der Waals surface area contributed by atoms with Crippen LogP contribution in [0.2, 0.25) is 5.02 Å². The van der Waals surface area contributed by atoms with Gasteiger partial charge in [0.2, 0.25) is 0 Å². The minimum Gasteiger partial charge on any atom is -0.392 e. The Hall–Kier alpha value is -0.180. The van der Waals surface area contributed by atoms with Crippen LogP contribution in [0.4, 0.5) is 0 Å². The first kappa shape index (κ1) is 12.9. The molecule has 0 aliphatic heterocycles. The maximum atomic E-state index is 9.75. The molecule has 1 atom stereocenters.